The van der Waals surface area contributed by atoms with Gasteiger partial charge < -0.3 is 9.72 Å². The van der Waals surface area contributed by atoms with Gasteiger partial charge in [0.15, 0.2) is 5.65 Å². The highest BCUT2D eigenvalue weighted by Crippen LogP contribution is 2.19. The maximum absolute atomic E-state index is 5.24. The predicted molar refractivity (Wildman–Crippen MR) is 67.5 cm³/mol. The lowest BCUT2D eigenvalue weighted by Gasteiger charge is -2.04. The average Bonchev–Trinajstić information content (AvgIpc) is 2.87. The maximum atomic E-state index is 5.24. The van der Waals surface area contributed by atoms with Crippen LogP contribution in [-0.2, 0) is 6.42 Å². The van der Waals surface area contributed by atoms with Gasteiger partial charge in [-0.25, -0.2) is 9.97 Å². The molecule has 0 atom stereocenters. The number of ether oxygens (including phenoxy) is 1. The Morgan fingerprint density at radius 1 is 1.17 bits per heavy atom. The largest absolute Gasteiger partial charge is 0.479 e. The standard InChI is InChI=1S/C13H12N4O/c1-18-13-11-12(15-8-14-11)16-10(17-13)7-9-5-3-2-4-6-9/h2-6,8H,7H2,1H3,(H,14,15,16,17). The zero-order chi connectivity index (χ0) is 12.4. The number of methoxy groups -OCH3 is 1. The maximum Gasteiger partial charge on any atom is 0.243 e. The summed E-state index contributed by atoms with van der Waals surface area (Å²) in [6, 6.07) is 10.1. The fourth-order valence-electron chi connectivity index (χ4n) is 1.85. The van der Waals surface area contributed by atoms with E-state index in [-0.39, 0.29) is 0 Å². The van der Waals surface area contributed by atoms with Crippen LogP contribution in [0.3, 0.4) is 0 Å². The van der Waals surface area contributed by atoms with Crippen LogP contribution in [0.5, 0.6) is 5.88 Å². The highest BCUT2D eigenvalue weighted by molar-refractivity contribution is 5.75. The van der Waals surface area contributed by atoms with Crippen LogP contribution in [0.25, 0.3) is 11.2 Å². The Hall–Kier alpha value is -2.43. The van der Waals surface area contributed by atoms with E-state index in [0.29, 0.717) is 23.8 Å². The fraction of sp³-hybridized carbons (Fsp3) is 0.154. The van der Waals surface area contributed by atoms with E-state index in [0.717, 1.165) is 11.1 Å². The molecule has 1 N–H and O–H groups in total. The zero-order valence-corrected chi connectivity index (χ0v) is 9.92. The van der Waals surface area contributed by atoms with E-state index < -0.39 is 0 Å². The van der Waals surface area contributed by atoms with Crippen molar-refractivity contribution < 1.29 is 4.74 Å². The molecule has 0 aliphatic rings. The van der Waals surface area contributed by atoms with Crippen LogP contribution in [0.15, 0.2) is 36.7 Å². The summed E-state index contributed by atoms with van der Waals surface area (Å²) < 4.78 is 5.24. The van der Waals surface area contributed by atoms with E-state index in [2.05, 4.69) is 19.9 Å². The molecule has 3 aromatic rings. The summed E-state index contributed by atoms with van der Waals surface area (Å²) in [5, 5.41) is 0. The lowest BCUT2D eigenvalue weighted by atomic mass is 10.1. The molecule has 0 bridgehead atoms. The van der Waals surface area contributed by atoms with Gasteiger partial charge in [-0.05, 0) is 5.56 Å². The predicted octanol–water partition coefficient (Wildman–Crippen LogP) is 1.95. The van der Waals surface area contributed by atoms with Crippen molar-refractivity contribution >= 4 is 11.2 Å². The minimum atomic E-state index is 0.531. The van der Waals surface area contributed by atoms with Crippen LogP contribution in [0.1, 0.15) is 11.4 Å². The molecule has 0 radical (unpaired) electrons. The second-order valence-electron chi connectivity index (χ2n) is 3.91. The summed E-state index contributed by atoms with van der Waals surface area (Å²) in [5.74, 6) is 1.24. The van der Waals surface area contributed by atoms with Crippen molar-refractivity contribution in [2.45, 2.75) is 6.42 Å². The molecule has 0 saturated carbocycles. The van der Waals surface area contributed by atoms with Gasteiger partial charge in [0.05, 0.1) is 13.4 Å². The number of benzene rings is 1. The van der Waals surface area contributed by atoms with Crippen LogP contribution >= 0.6 is 0 Å². The van der Waals surface area contributed by atoms with Crippen molar-refractivity contribution in [3.63, 3.8) is 0 Å². The third-order valence-corrected chi connectivity index (χ3v) is 2.70. The van der Waals surface area contributed by atoms with Gasteiger partial charge in [-0.1, -0.05) is 30.3 Å². The topological polar surface area (TPSA) is 63.7 Å². The van der Waals surface area contributed by atoms with Crippen LogP contribution < -0.4 is 4.74 Å². The Labute approximate surface area is 104 Å². The number of H-pyrrole nitrogens is 1. The van der Waals surface area contributed by atoms with E-state index in [1.807, 2.05) is 30.3 Å². The van der Waals surface area contributed by atoms with Gasteiger partial charge in [0, 0.05) is 6.42 Å². The first kappa shape index (κ1) is 10.7. The lowest BCUT2D eigenvalue weighted by Crippen LogP contribution is -2.00. The highest BCUT2D eigenvalue weighted by Gasteiger charge is 2.10. The highest BCUT2D eigenvalue weighted by atomic mass is 16.5. The fourth-order valence-corrected chi connectivity index (χ4v) is 1.85. The van der Waals surface area contributed by atoms with Gasteiger partial charge in [-0.2, -0.15) is 4.98 Å². The minimum absolute atomic E-state index is 0.531. The molecule has 0 amide bonds. The molecule has 0 unspecified atom stereocenters. The van der Waals surface area contributed by atoms with Gasteiger partial charge in [0.2, 0.25) is 5.88 Å². The zero-order valence-electron chi connectivity index (χ0n) is 9.92. The van der Waals surface area contributed by atoms with Gasteiger partial charge in [-0.15, -0.1) is 0 Å². The molecule has 1 aromatic carbocycles. The van der Waals surface area contributed by atoms with E-state index in [4.69, 9.17) is 4.74 Å². The molecule has 0 aliphatic heterocycles. The van der Waals surface area contributed by atoms with Crippen molar-refractivity contribution in [3.05, 3.63) is 48.0 Å². The smallest absolute Gasteiger partial charge is 0.243 e. The third kappa shape index (κ3) is 1.90. The van der Waals surface area contributed by atoms with E-state index in [9.17, 15) is 0 Å². The van der Waals surface area contributed by atoms with Crippen molar-refractivity contribution in [3.8, 4) is 5.88 Å². The number of fused-ring (bicyclic) bond motifs is 1. The molecule has 5 heteroatoms. The molecule has 2 aromatic heterocycles. The summed E-state index contributed by atoms with van der Waals surface area (Å²) in [6.45, 7) is 0. The second kappa shape index (κ2) is 4.44. The molecule has 0 fully saturated rings. The van der Waals surface area contributed by atoms with Gasteiger partial charge >= 0.3 is 0 Å². The Morgan fingerprint density at radius 2 is 2.00 bits per heavy atom. The average molecular weight is 240 g/mol. The molecule has 0 spiro atoms. The second-order valence-corrected chi connectivity index (χ2v) is 3.91. The summed E-state index contributed by atoms with van der Waals surface area (Å²) in [4.78, 5) is 15.9. The molecule has 18 heavy (non-hydrogen) atoms. The Balaban J connectivity index is 2.02. The summed E-state index contributed by atoms with van der Waals surface area (Å²) in [6.07, 6.45) is 2.26. The van der Waals surface area contributed by atoms with Crippen LogP contribution in [-0.4, -0.2) is 27.0 Å². The number of hydrogen-bond acceptors (Lipinski definition) is 4. The molecule has 0 saturated heterocycles. The van der Waals surface area contributed by atoms with Crippen LogP contribution in [0, 0.1) is 0 Å². The van der Waals surface area contributed by atoms with E-state index in [1.165, 1.54) is 0 Å². The monoisotopic (exact) mass is 240 g/mol. The molecular formula is C13H12N4O. The van der Waals surface area contributed by atoms with E-state index >= 15 is 0 Å². The van der Waals surface area contributed by atoms with Gasteiger partial charge in [-0.3, -0.25) is 0 Å². The van der Waals surface area contributed by atoms with Crippen molar-refractivity contribution in [2.24, 2.45) is 0 Å². The quantitative estimate of drug-likeness (QED) is 0.760. The number of nitrogens with zero attached hydrogens (tertiary/aromatic N) is 3. The minimum Gasteiger partial charge on any atom is -0.479 e. The first-order valence-electron chi connectivity index (χ1n) is 5.65. The number of hydrogen-bond donors (Lipinski definition) is 1. The van der Waals surface area contributed by atoms with E-state index in [1.54, 1.807) is 13.4 Å². The Morgan fingerprint density at radius 3 is 2.78 bits per heavy atom. The molecule has 5 nitrogen and oxygen atoms in total. The van der Waals surface area contributed by atoms with Gasteiger partial charge in [0.25, 0.3) is 0 Å². The molecule has 2 heterocycles. The molecule has 3 rings (SSSR count). The number of aromatic amines is 1. The number of aromatic nitrogens is 4. The first-order chi connectivity index (χ1) is 8.86. The summed E-state index contributed by atoms with van der Waals surface area (Å²) >= 11 is 0. The molecule has 0 aliphatic carbocycles. The third-order valence-electron chi connectivity index (χ3n) is 2.70. The molecule has 90 valence electrons. The Kier molecular flexibility index (Phi) is 2.64. The normalized spacial score (nSPS) is 10.7. The van der Waals surface area contributed by atoms with Crippen molar-refractivity contribution in [1.82, 2.24) is 19.9 Å². The Bertz CT molecular complexity index is 663. The van der Waals surface area contributed by atoms with Crippen molar-refractivity contribution in [2.75, 3.05) is 7.11 Å². The summed E-state index contributed by atoms with van der Waals surface area (Å²) in [5.41, 5.74) is 2.52. The summed E-state index contributed by atoms with van der Waals surface area (Å²) in [7, 11) is 1.59. The van der Waals surface area contributed by atoms with Crippen LogP contribution in [0.4, 0.5) is 0 Å². The lowest BCUT2D eigenvalue weighted by molar-refractivity contribution is 0.400. The first-order valence-corrected chi connectivity index (χ1v) is 5.65. The number of rotatable bonds is 3. The van der Waals surface area contributed by atoms with Gasteiger partial charge in [0.1, 0.15) is 11.3 Å². The SMILES string of the molecule is COc1nc(Cc2ccccc2)nc2nc[nH]c12. The number of imidazole rings is 1. The molecular weight excluding hydrogens is 228 g/mol. The van der Waals surface area contributed by atoms with Crippen molar-refractivity contribution in [1.29, 1.82) is 0 Å². The number of nitrogens with one attached hydrogen (secondary N) is 1. The van der Waals surface area contributed by atoms with Crippen LogP contribution in [0.2, 0.25) is 0 Å².